The minimum atomic E-state index is -3.46. The Morgan fingerprint density at radius 2 is 1.38 bits per heavy atom. The average Bonchev–Trinajstić information content (AvgIpc) is 2.61. The van der Waals surface area contributed by atoms with E-state index in [1.54, 1.807) is 4.31 Å². The molecule has 140 valence electrons. The van der Waals surface area contributed by atoms with Crippen LogP contribution in [0.1, 0.15) is 27.8 Å². The van der Waals surface area contributed by atoms with Crippen LogP contribution in [-0.4, -0.2) is 43.8 Å². The Labute approximate surface area is 157 Å². The molecule has 1 saturated heterocycles. The quantitative estimate of drug-likeness (QED) is 0.826. The molecular formula is C21H28N2O2S. The van der Waals surface area contributed by atoms with Crippen LogP contribution in [-0.2, 0) is 16.6 Å². The van der Waals surface area contributed by atoms with Crippen LogP contribution in [0.25, 0.3) is 0 Å². The van der Waals surface area contributed by atoms with E-state index >= 15 is 0 Å². The Hall–Kier alpha value is -1.69. The smallest absolute Gasteiger partial charge is 0.243 e. The molecule has 1 fully saturated rings. The molecule has 0 amide bonds. The van der Waals surface area contributed by atoms with Gasteiger partial charge in [-0.3, -0.25) is 4.90 Å². The minimum absolute atomic E-state index is 0.506. The summed E-state index contributed by atoms with van der Waals surface area (Å²) in [5.74, 6) is 0. The zero-order valence-electron chi connectivity index (χ0n) is 16.1. The van der Waals surface area contributed by atoms with Gasteiger partial charge in [-0.1, -0.05) is 36.4 Å². The highest BCUT2D eigenvalue weighted by atomic mass is 32.2. The van der Waals surface area contributed by atoms with Crippen LogP contribution in [0.4, 0.5) is 0 Å². The number of sulfonamides is 1. The summed E-state index contributed by atoms with van der Waals surface area (Å²) in [4.78, 5) is 2.83. The van der Waals surface area contributed by atoms with E-state index in [1.807, 2.05) is 45.9 Å². The second kappa shape index (κ2) is 7.51. The molecule has 0 aliphatic carbocycles. The Bertz CT molecular complexity index is 858. The third-order valence-electron chi connectivity index (χ3n) is 5.48. The van der Waals surface area contributed by atoms with Gasteiger partial charge in [0, 0.05) is 32.7 Å². The molecule has 2 aromatic rings. The Balaban J connectivity index is 1.77. The predicted octanol–water partition coefficient (Wildman–Crippen LogP) is 3.43. The van der Waals surface area contributed by atoms with E-state index < -0.39 is 10.0 Å². The van der Waals surface area contributed by atoms with E-state index in [1.165, 1.54) is 5.56 Å². The van der Waals surface area contributed by atoms with Gasteiger partial charge in [0.05, 0.1) is 4.90 Å². The molecule has 0 atom stereocenters. The van der Waals surface area contributed by atoms with Gasteiger partial charge < -0.3 is 0 Å². The van der Waals surface area contributed by atoms with Crippen molar-refractivity contribution in [2.75, 3.05) is 26.2 Å². The van der Waals surface area contributed by atoms with Crippen LogP contribution in [0.5, 0.6) is 0 Å². The molecule has 5 heteroatoms. The second-order valence-corrected chi connectivity index (χ2v) is 9.13. The summed E-state index contributed by atoms with van der Waals surface area (Å²) < 4.78 is 28.3. The van der Waals surface area contributed by atoms with Crippen molar-refractivity contribution in [1.82, 2.24) is 9.21 Å². The summed E-state index contributed by atoms with van der Waals surface area (Å²) in [6.45, 7) is 11.3. The third kappa shape index (κ3) is 3.70. The van der Waals surface area contributed by atoms with Crippen molar-refractivity contribution in [3.05, 3.63) is 64.2 Å². The zero-order valence-corrected chi connectivity index (χ0v) is 16.9. The molecular weight excluding hydrogens is 344 g/mol. The molecule has 0 radical (unpaired) electrons. The maximum Gasteiger partial charge on any atom is 0.243 e. The fraction of sp³-hybridized carbons (Fsp3) is 0.429. The first kappa shape index (κ1) is 19.1. The Morgan fingerprint density at radius 1 is 0.846 bits per heavy atom. The molecule has 0 spiro atoms. The molecule has 3 rings (SSSR count). The normalized spacial score (nSPS) is 16.8. The maximum atomic E-state index is 13.3. The van der Waals surface area contributed by atoms with Crippen LogP contribution in [0, 0.1) is 27.7 Å². The highest BCUT2D eigenvalue weighted by Gasteiger charge is 2.31. The molecule has 2 aromatic carbocycles. The van der Waals surface area contributed by atoms with Crippen molar-refractivity contribution < 1.29 is 8.42 Å². The number of nitrogens with zero attached hydrogens (tertiary/aromatic N) is 2. The third-order valence-corrected chi connectivity index (χ3v) is 7.65. The lowest BCUT2D eigenvalue weighted by Crippen LogP contribution is -2.48. The van der Waals surface area contributed by atoms with Gasteiger partial charge in [-0.15, -0.1) is 0 Å². The number of rotatable bonds is 4. The second-order valence-electron chi connectivity index (χ2n) is 7.26. The first-order valence-corrected chi connectivity index (χ1v) is 10.6. The van der Waals surface area contributed by atoms with Crippen molar-refractivity contribution >= 4 is 10.0 Å². The topological polar surface area (TPSA) is 40.6 Å². The molecule has 26 heavy (non-hydrogen) atoms. The van der Waals surface area contributed by atoms with E-state index in [2.05, 4.69) is 23.1 Å². The van der Waals surface area contributed by atoms with Gasteiger partial charge in [0.25, 0.3) is 0 Å². The summed E-state index contributed by atoms with van der Waals surface area (Å²) in [6, 6.07) is 12.4. The van der Waals surface area contributed by atoms with Crippen LogP contribution >= 0.6 is 0 Å². The van der Waals surface area contributed by atoms with Crippen molar-refractivity contribution in [2.45, 2.75) is 39.1 Å². The number of aryl methyl sites for hydroxylation is 2. The van der Waals surface area contributed by atoms with Gasteiger partial charge in [0.2, 0.25) is 10.0 Å². The highest BCUT2D eigenvalue weighted by Crippen LogP contribution is 2.29. The van der Waals surface area contributed by atoms with Crippen LogP contribution in [0.2, 0.25) is 0 Å². The van der Waals surface area contributed by atoms with Crippen LogP contribution in [0.15, 0.2) is 41.3 Å². The zero-order chi connectivity index (χ0) is 18.9. The van der Waals surface area contributed by atoms with Crippen molar-refractivity contribution in [3.8, 4) is 0 Å². The summed E-state index contributed by atoms with van der Waals surface area (Å²) in [5.41, 5.74) is 5.09. The molecule has 0 unspecified atom stereocenters. The van der Waals surface area contributed by atoms with Crippen molar-refractivity contribution in [2.24, 2.45) is 0 Å². The first-order chi connectivity index (χ1) is 12.3. The molecule has 4 nitrogen and oxygen atoms in total. The van der Waals surface area contributed by atoms with E-state index in [0.29, 0.717) is 18.0 Å². The molecule has 1 aliphatic rings. The highest BCUT2D eigenvalue weighted by molar-refractivity contribution is 7.89. The molecule has 0 saturated carbocycles. The van der Waals surface area contributed by atoms with Crippen LogP contribution in [0.3, 0.4) is 0 Å². The largest absolute Gasteiger partial charge is 0.296 e. The van der Waals surface area contributed by atoms with Gasteiger partial charge in [-0.25, -0.2) is 8.42 Å². The summed E-state index contributed by atoms with van der Waals surface area (Å²) >= 11 is 0. The lowest BCUT2D eigenvalue weighted by Gasteiger charge is -2.34. The summed E-state index contributed by atoms with van der Waals surface area (Å²) in [5, 5.41) is 0. The SMILES string of the molecule is Cc1cc(C)c(C)c(S(=O)(=O)N2CCN(Cc3ccccc3)CC2)c1C. The number of piperazine rings is 1. The Morgan fingerprint density at radius 3 is 1.92 bits per heavy atom. The van der Waals surface area contributed by atoms with E-state index in [-0.39, 0.29) is 0 Å². The minimum Gasteiger partial charge on any atom is -0.296 e. The van der Waals surface area contributed by atoms with E-state index in [4.69, 9.17) is 0 Å². The monoisotopic (exact) mass is 372 g/mol. The summed E-state index contributed by atoms with van der Waals surface area (Å²) in [7, 11) is -3.46. The molecule has 0 N–H and O–H groups in total. The number of hydrogen-bond acceptors (Lipinski definition) is 3. The number of hydrogen-bond donors (Lipinski definition) is 0. The molecule has 1 aliphatic heterocycles. The fourth-order valence-electron chi connectivity index (χ4n) is 3.67. The maximum absolute atomic E-state index is 13.3. The molecule has 0 bridgehead atoms. The van der Waals surface area contributed by atoms with Gasteiger partial charge in [-0.05, 0) is 55.5 Å². The van der Waals surface area contributed by atoms with Gasteiger partial charge >= 0.3 is 0 Å². The van der Waals surface area contributed by atoms with Crippen LogP contribution < -0.4 is 0 Å². The summed E-state index contributed by atoms with van der Waals surface area (Å²) in [6.07, 6.45) is 0. The molecule has 1 heterocycles. The number of benzene rings is 2. The van der Waals surface area contributed by atoms with Gasteiger partial charge in [0.15, 0.2) is 0 Å². The fourth-order valence-corrected chi connectivity index (χ4v) is 5.66. The predicted molar refractivity (Wildman–Crippen MR) is 106 cm³/mol. The van der Waals surface area contributed by atoms with Crippen molar-refractivity contribution in [3.63, 3.8) is 0 Å². The lowest BCUT2D eigenvalue weighted by atomic mass is 10.0. The van der Waals surface area contributed by atoms with Crippen molar-refractivity contribution in [1.29, 1.82) is 0 Å². The standard InChI is InChI=1S/C21H28N2O2S/c1-16-14-17(2)19(4)21(18(16)3)26(24,25)23-12-10-22(11-13-23)15-20-8-6-5-7-9-20/h5-9,14H,10-13,15H2,1-4H3. The lowest BCUT2D eigenvalue weighted by molar-refractivity contribution is 0.181. The first-order valence-electron chi connectivity index (χ1n) is 9.14. The molecule has 0 aromatic heterocycles. The van der Waals surface area contributed by atoms with E-state index in [9.17, 15) is 8.42 Å². The Kier molecular flexibility index (Phi) is 5.51. The van der Waals surface area contributed by atoms with Gasteiger partial charge in [0.1, 0.15) is 0 Å². The van der Waals surface area contributed by atoms with Gasteiger partial charge in [-0.2, -0.15) is 4.31 Å². The average molecular weight is 373 g/mol. The van der Waals surface area contributed by atoms with E-state index in [0.717, 1.165) is 41.9 Å².